The third kappa shape index (κ3) is 4.63. The van der Waals surface area contributed by atoms with Crippen molar-refractivity contribution in [1.82, 2.24) is 25.2 Å². The van der Waals surface area contributed by atoms with E-state index in [1.807, 2.05) is 52.0 Å². The zero-order valence-electron chi connectivity index (χ0n) is 24.8. The Hall–Kier alpha value is -4.03. The number of carbonyl (C=O) groups is 3. The molecule has 12 heteroatoms. The first kappa shape index (κ1) is 29.1. The van der Waals surface area contributed by atoms with E-state index in [9.17, 15) is 19.5 Å². The Labute approximate surface area is 249 Å². The normalized spacial score (nSPS) is 28.4. The molecule has 3 amide bonds. The molecule has 3 aliphatic heterocycles. The molecule has 0 saturated carbocycles. The fourth-order valence-electron chi connectivity index (χ4n) is 7.35. The maximum Gasteiger partial charge on any atom is 0.247 e. The van der Waals surface area contributed by atoms with E-state index in [1.165, 1.54) is 4.90 Å². The van der Waals surface area contributed by atoms with Gasteiger partial charge in [0.05, 0.1) is 42.2 Å². The third-order valence-corrected chi connectivity index (χ3v) is 9.32. The molecule has 228 valence electrons. The number of ether oxygens (including phenoxy) is 2. The molecule has 3 N–H and O–H groups in total. The molecule has 0 radical (unpaired) electrons. The van der Waals surface area contributed by atoms with Crippen LogP contribution < -0.4 is 15.4 Å². The Balaban J connectivity index is 1.31. The van der Waals surface area contributed by atoms with Gasteiger partial charge in [-0.15, -0.1) is 5.10 Å². The van der Waals surface area contributed by atoms with Crippen LogP contribution in [0.1, 0.15) is 40.5 Å². The summed E-state index contributed by atoms with van der Waals surface area (Å²) in [6.07, 6.45) is 0.943. The van der Waals surface area contributed by atoms with Gasteiger partial charge in [-0.3, -0.25) is 14.4 Å². The van der Waals surface area contributed by atoms with Gasteiger partial charge in [0.25, 0.3) is 0 Å². The van der Waals surface area contributed by atoms with E-state index in [0.29, 0.717) is 36.4 Å². The summed E-state index contributed by atoms with van der Waals surface area (Å²) < 4.78 is 13.8. The van der Waals surface area contributed by atoms with Crippen LogP contribution in [0.4, 0.5) is 5.69 Å². The van der Waals surface area contributed by atoms with Crippen molar-refractivity contribution in [2.24, 2.45) is 17.8 Å². The predicted octanol–water partition coefficient (Wildman–Crippen LogP) is 2.32. The van der Waals surface area contributed by atoms with Crippen LogP contribution in [0.25, 0.3) is 11.0 Å². The standard InChI is InChI=1S/C31H38N6O6/c1-5-42-20-12-10-19(11-13-20)33-27(39)24-25-29(41)37(23(16-38)18(2)3)26(31(25)15-14-30(24,4)43-31)28(40)32-17-36-22-9-7-6-8-21(22)34-35-36/h6-13,18,23-26,38H,5,14-17H2,1-4H3,(H,32,40)(H,33,39)/t23-,24-,25-,26?,30+,31?/m0/s1. The summed E-state index contributed by atoms with van der Waals surface area (Å²) in [6.45, 7) is 7.77. The van der Waals surface area contributed by atoms with Gasteiger partial charge in [-0.25, -0.2) is 4.68 Å². The van der Waals surface area contributed by atoms with Gasteiger partial charge in [0.1, 0.15) is 29.6 Å². The van der Waals surface area contributed by atoms with Gasteiger partial charge in [0.15, 0.2) is 0 Å². The first-order chi connectivity index (χ1) is 20.6. The van der Waals surface area contributed by atoms with E-state index >= 15 is 0 Å². The number of benzene rings is 2. The van der Waals surface area contributed by atoms with E-state index < -0.39 is 41.0 Å². The maximum absolute atomic E-state index is 14.4. The second kappa shape index (κ2) is 10.9. The number of para-hydroxylation sites is 1. The zero-order valence-corrected chi connectivity index (χ0v) is 24.8. The van der Waals surface area contributed by atoms with Gasteiger partial charge >= 0.3 is 0 Å². The van der Waals surface area contributed by atoms with Crippen LogP contribution in [0.5, 0.6) is 5.75 Å². The van der Waals surface area contributed by atoms with Crippen LogP contribution in [0.3, 0.4) is 0 Å². The number of hydrogen-bond donors (Lipinski definition) is 3. The summed E-state index contributed by atoms with van der Waals surface area (Å²) in [5.74, 6) is -2.29. The molecule has 43 heavy (non-hydrogen) atoms. The molecule has 2 bridgehead atoms. The Bertz CT molecular complexity index is 1540. The van der Waals surface area contributed by atoms with Crippen molar-refractivity contribution in [3.63, 3.8) is 0 Å². The van der Waals surface area contributed by atoms with Gasteiger partial charge in [-0.05, 0) is 69.0 Å². The fourth-order valence-corrected chi connectivity index (χ4v) is 7.35. The molecule has 3 fully saturated rings. The number of anilines is 1. The minimum atomic E-state index is -1.22. The second-order valence-electron chi connectivity index (χ2n) is 12.2. The summed E-state index contributed by atoms with van der Waals surface area (Å²) in [4.78, 5) is 43.9. The minimum Gasteiger partial charge on any atom is -0.494 e. The lowest BCUT2D eigenvalue weighted by Gasteiger charge is -2.38. The Morgan fingerprint density at radius 1 is 1.14 bits per heavy atom. The van der Waals surface area contributed by atoms with Crippen LogP contribution in [0, 0.1) is 17.8 Å². The average Bonchev–Trinajstić information content (AvgIpc) is 3.69. The molecule has 6 atom stereocenters. The highest BCUT2D eigenvalue weighted by atomic mass is 16.5. The summed E-state index contributed by atoms with van der Waals surface area (Å²) in [6, 6.07) is 12.8. The number of rotatable bonds is 10. The summed E-state index contributed by atoms with van der Waals surface area (Å²) >= 11 is 0. The summed E-state index contributed by atoms with van der Waals surface area (Å²) in [7, 11) is 0. The molecule has 1 aromatic heterocycles. The molecular weight excluding hydrogens is 552 g/mol. The number of aromatic nitrogens is 3. The second-order valence-corrected chi connectivity index (χ2v) is 12.2. The van der Waals surface area contributed by atoms with Gasteiger partial charge < -0.3 is 30.1 Å². The van der Waals surface area contributed by atoms with E-state index in [-0.39, 0.29) is 31.0 Å². The topological polar surface area (TPSA) is 148 Å². The Morgan fingerprint density at radius 2 is 1.88 bits per heavy atom. The van der Waals surface area contributed by atoms with E-state index in [4.69, 9.17) is 9.47 Å². The average molecular weight is 591 g/mol. The van der Waals surface area contributed by atoms with E-state index in [2.05, 4.69) is 20.9 Å². The number of likely N-dealkylation sites (tertiary alicyclic amines) is 1. The number of hydrogen-bond acceptors (Lipinski definition) is 8. The molecule has 2 unspecified atom stereocenters. The van der Waals surface area contributed by atoms with E-state index in [0.717, 1.165) is 5.52 Å². The fraction of sp³-hybridized carbons (Fsp3) is 0.516. The largest absolute Gasteiger partial charge is 0.494 e. The van der Waals surface area contributed by atoms with Crippen LogP contribution in [-0.4, -0.2) is 79.2 Å². The zero-order chi connectivity index (χ0) is 30.5. The first-order valence-electron chi connectivity index (χ1n) is 14.9. The van der Waals surface area contributed by atoms with Crippen LogP contribution in [0.15, 0.2) is 48.5 Å². The first-order valence-corrected chi connectivity index (χ1v) is 14.9. The van der Waals surface area contributed by atoms with Gasteiger partial charge in [0, 0.05) is 5.69 Å². The number of nitrogens with one attached hydrogen (secondary N) is 2. The van der Waals surface area contributed by atoms with Crippen molar-refractivity contribution < 1.29 is 29.0 Å². The molecule has 0 aliphatic carbocycles. The number of amides is 3. The van der Waals surface area contributed by atoms with Crippen molar-refractivity contribution in [3.05, 3.63) is 48.5 Å². The van der Waals surface area contributed by atoms with Crippen molar-refractivity contribution in [2.75, 3.05) is 18.5 Å². The van der Waals surface area contributed by atoms with Crippen LogP contribution in [0.2, 0.25) is 0 Å². The molecular formula is C31H38N6O6. The molecule has 1 spiro atoms. The monoisotopic (exact) mass is 590 g/mol. The Kier molecular flexibility index (Phi) is 7.37. The lowest BCUT2D eigenvalue weighted by molar-refractivity contribution is -0.150. The summed E-state index contributed by atoms with van der Waals surface area (Å²) in [5, 5.41) is 24.6. The lowest BCUT2D eigenvalue weighted by atomic mass is 9.66. The molecule has 6 rings (SSSR count). The lowest BCUT2D eigenvalue weighted by Crippen LogP contribution is -2.59. The maximum atomic E-state index is 14.4. The molecule has 2 aromatic carbocycles. The van der Waals surface area contributed by atoms with Crippen molar-refractivity contribution in [2.45, 2.75) is 70.5 Å². The highest BCUT2D eigenvalue weighted by Crippen LogP contribution is 2.63. The van der Waals surface area contributed by atoms with Crippen LogP contribution in [-0.2, 0) is 25.8 Å². The van der Waals surface area contributed by atoms with Gasteiger partial charge in [-0.1, -0.05) is 31.2 Å². The number of carbonyl (C=O) groups excluding carboxylic acids is 3. The van der Waals surface area contributed by atoms with Crippen molar-refractivity contribution >= 4 is 34.4 Å². The number of nitrogens with zero attached hydrogens (tertiary/aromatic N) is 4. The highest BCUT2D eigenvalue weighted by Gasteiger charge is 2.78. The highest BCUT2D eigenvalue weighted by molar-refractivity contribution is 6.02. The summed E-state index contributed by atoms with van der Waals surface area (Å²) in [5.41, 5.74) is -0.134. The molecule has 3 aliphatic rings. The van der Waals surface area contributed by atoms with Crippen LogP contribution >= 0.6 is 0 Å². The number of aliphatic hydroxyl groups excluding tert-OH is 1. The van der Waals surface area contributed by atoms with Gasteiger partial charge in [-0.2, -0.15) is 0 Å². The minimum absolute atomic E-state index is 0.0308. The molecule has 12 nitrogen and oxygen atoms in total. The van der Waals surface area contributed by atoms with Gasteiger partial charge in [0.2, 0.25) is 17.7 Å². The van der Waals surface area contributed by atoms with E-state index in [1.54, 1.807) is 28.9 Å². The molecule has 4 heterocycles. The predicted molar refractivity (Wildman–Crippen MR) is 157 cm³/mol. The number of fused-ring (bicyclic) bond motifs is 2. The third-order valence-electron chi connectivity index (χ3n) is 9.32. The SMILES string of the molecule is CCOc1ccc(NC(=O)[C@@H]2[C@H]3C(=O)N([C@@H](CO)C(C)C)C(C(=O)NCn4nnc5ccccc54)C34CC[C@@]2(C)O4)cc1. The Morgan fingerprint density at radius 3 is 2.58 bits per heavy atom. The van der Waals surface area contributed by atoms with Crippen molar-refractivity contribution in [3.8, 4) is 5.75 Å². The molecule has 3 saturated heterocycles. The quantitative estimate of drug-likeness (QED) is 0.326. The smallest absolute Gasteiger partial charge is 0.247 e. The number of aliphatic hydroxyl groups is 1. The molecule has 3 aromatic rings. The van der Waals surface area contributed by atoms with Crippen molar-refractivity contribution in [1.29, 1.82) is 0 Å².